The maximum atomic E-state index is 10.8. The van der Waals surface area contributed by atoms with E-state index in [1.807, 2.05) is 5.59 Å². The highest BCUT2D eigenvalue weighted by Crippen LogP contribution is 2.23. The van der Waals surface area contributed by atoms with Crippen molar-refractivity contribution in [2.75, 3.05) is 5.75 Å². The van der Waals surface area contributed by atoms with Crippen LogP contribution in [0.15, 0.2) is 0 Å². The summed E-state index contributed by atoms with van der Waals surface area (Å²) >= 11 is 1.72. The summed E-state index contributed by atoms with van der Waals surface area (Å²) < 4.78 is 0.191. The van der Waals surface area contributed by atoms with Crippen LogP contribution in [-0.2, 0) is 9.63 Å². The van der Waals surface area contributed by atoms with Crippen molar-refractivity contribution in [3.8, 4) is 0 Å². The Kier molecular flexibility index (Phi) is 5.28. The van der Waals surface area contributed by atoms with Gasteiger partial charge in [0.15, 0.2) is 0 Å². The predicted octanol–water partition coefficient (Wildman–Crippen LogP) is 0.830. The molecule has 0 saturated heterocycles. The first-order valence-corrected chi connectivity index (χ1v) is 4.73. The molecule has 0 aliphatic rings. The molecule has 0 unspecified atom stereocenters. The summed E-state index contributed by atoms with van der Waals surface area (Å²) in [5.41, 5.74) is 1.86. The second-order valence-corrected chi connectivity index (χ2v) is 5.22. The molecule has 3 N–H and O–H groups in total. The first-order valence-electron chi connectivity index (χ1n) is 3.75. The molecule has 0 aliphatic heterocycles. The molecular weight excluding hydrogens is 176 g/mol. The van der Waals surface area contributed by atoms with Gasteiger partial charge < -0.3 is 4.84 Å². The number of rotatable bonds is 4. The SMILES string of the molecule is CC(C)(C)SCCC(=O)ONN. The van der Waals surface area contributed by atoms with Gasteiger partial charge in [-0.3, -0.25) is 4.79 Å². The molecule has 0 amide bonds. The minimum Gasteiger partial charge on any atom is -0.356 e. The van der Waals surface area contributed by atoms with Crippen LogP contribution >= 0.6 is 11.8 Å². The Morgan fingerprint density at radius 2 is 2.17 bits per heavy atom. The second kappa shape index (κ2) is 5.40. The van der Waals surface area contributed by atoms with Gasteiger partial charge in [-0.25, -0.2) is 5.84 Å². The van der Waals surface area contributed by atoms with Crippen LogP contribution in [0.2, 0.25) is 0 Å². The van der Waals surface area contributed by atoms with E-state index in [-0.39, 0.29) is 10.7 Å². The maximum absolute atomic E-state index is 10.8. The van der Waals surface area contributed by atoms with Gasteiger partial charge in [-0.15, -0.1) is 0 Å². The van der Waals surface area contributed by atoms with Gasteiger partial charge in [0, 0.05) is 10.5 Å². The fraction of sp³-hybridized carbons (Fsp3) is 0.857. The van der Waals surface area contributed by atoms with Crippen molar-refractivity contribution in [2.45, 2.75) is 31.9 Å². The van der Waals surface area contributed by atoms with Gasteiger partial charge >= 0.3 is 5.97 Å². The van der Waals surface area contributed by atoms with Crippen molar-refractivity contribution in [3.05, 3.63) is 0 Å². The second-order valence-electron chi connectivity index (χ2n) is 3.30. The molecule has 0 rings (SSSR count). The molecule has 72 valence electrons. The lowest BCUT2D eigenvalue weighted by Gasteiger charge is -2.16. The highest BCUT2D eigenvalue weighted by molar-refractivity contribution is 8.00. The third-order valence-electron chi connectivity index (χ3n) is 1.01. The topological polar surface area (TPSA) is 64.3 Å². The number of carbonyl (C=O) groups excluding carboxylic acids is 1. The molecule has 0 fully saturated rings. The van der Waals surface area contributed by atoms with E-state index in [4.69, 9.17) is 5.84 Å². The van der Waals surface area contributed by atoms with Crippen LogP contribution in [0.4, 0.5) is 0 Å². The lowest BCUT2D eigenvalue weighted by atomic mass is 10.3. The lowest BCUT2D eigenvalue weighted by Crippen LogP contribution is -2.26. The van der Waals surface area contributed by atoms with Crippen LogP contribution in [0.3, 0.4) is 0 Å². The van der Waals surface area contributed by atoms with Gasteiger partial charge in [0.2, 0.25) is 0 Å². The molecule has 0 aromatic heterocycles. The van der Waals surface area contributed by atoms with Crippen LogP contribution in [0.1, 0.15) is 27.2 Å². The van der Waals surface area contributed by atoms with Crippen LogP contribution in [0, 0.1) is 0 Å². The van der Waals surface area contributed by atoms with E-state index in [1.165, 1.54) is 0 Å². The Hall–Kier alpha value is -0.260. The smallest absolute Gasteiger partial charge is 0.327 e. The van der Waals surface area contributed by atoms with Crippen molar-refractivity contribution < 1.29 is 9.63 Å². The number of hydrogen-bond acceptors (Lipinski definition) is 5. The Morgan fingerprint density at radius 1 is 1.58 bits per heavy atom. The highest BCUT2D eigenvalue weighted by atomic mass is 32.2. The number of hydrogen-bond donors (Lipinski definition) is 2. The van der Waals surface area contributed by atoms with Gasteiger partial charge in [0.25, 0.3) is 0 Å². The Labute approximate surface area is 77.1 Å². The van der Waals surface area contributed by atoms with Crippen LogP contribution in [0.25, 0.3) is 0 Å². The molecule has 12 heavy (non-hydrogen) atoms. The van der Waals surface area contributed by atoms with Crippen molar-refractivity contribution in [1.82, 2.24) is 5.59 Å². The van der Waals surface area contributed by atoms with E-state index in [1.54, 1.807) is 11.8 Å². The largest absolute Gasteiger partial charge is 0.356 e. The van der Waals surface area contributed by atoms with Gasteiger partial charge in [-0.05, 0) is 0 Å². The number of nitrogens with one attached hydrogen (secondary N) is 1. The molecule has 0 heterocycles. The summed E-state index contributed by atoms with van der Waals surface area (Å²) in [6.45, 7) is 6.30. The van der Waals surface area contributed by atoms with E-state index in [2.05, 4.69) is 25.6 Å². The number of carbonyl (C=O) groups is 1. The first kappa shape index (κ1) is 11.7. The standard InChI is InChI=1S/C7H16N2O2S/c1-7(2,3)12-5-4-6(10)11-9-8/h9H,4-5,8H2,1-3H3. The van der Waals surface area contributed by atoms with Gasteiger partial charge in [0.05, 0.1) is 6.42 Å². The average molecular weight is 192 g/mol. The van der Waals surface area contributed by atoms with Gasteiger partial charge in [-0.1, -0.05) is 26.4 Å². The minimum atomic E-state index is -0.325. The van der Waals surface area contributed by atoms with E-state index < -0.39 is 0 Å². The normalized spacial score (nSPS) is 11.3. The quantitative estimate of drug-likeness (QED) is 0.510. The molecule has 0 radical (unpaired) electrons. The summed E-state index contributed by atoms with van der Waals surface area (Å²) in [6.07, 6.45) is 0.381. The average Bonchev–Trinajstić information content (AvgIpc) is 1.84. The van der Waals surface area contributed by atoms with Crippen molar-refractivity contribution >= 4 is 17.7 Å². The molecule has 4 nitrogen and oxygen atoms in total. The molecule has 0 atom stereocenters. The number of hydrazine groups is 1. The number of nitrogens with two attached hydrogens (primary N) is 1. The van der Waals surface area contributed by atoms with E-state index in [9.17, 15) is 4.79 Å². The summed E-state index contributed by atoms with van der Waals surface area (Å²) in [4.78, 5) is 15.1. The van der Waals surface area contributed by atoms with E-state index in [0.717, 1.165) is 5.75 Å². The van der Waals surface area contributed by atoms with Gasteiger partial charge in [0.1, 0.15) is 0 Å². The summed E-state index contributed by atoms with van der Waals surface area (Å²) in [6, 6.07) is 0. The molecule has 5 heteroatoms. The van der Waals surface area contributed by atoms with Crippen LogP contribution in [0.5, 0.6) is 0 Å². The Bertz CT molecular complexity index is 145. The molecule has 0 aromatic rings. The fourth-order valence-corrected chi connectivity index (χ4v) is 1.44. The van der Waals surface area contributed by atoms with E-state index in [0.29, 0.717) is 6.42 Å². The summed E-state index contributed by atoms with van der Waals surface area (Å²) in [7, 11) is 0. The van der Waals surface area contributed by atoms with Crippen LogP contribution in [-0.4, -0.2) is 16.5 Å². The van der Waals surface area contributed by atoms with Crippen molar-refractivity contribution in [3.63, 3.8) is 0 Å². The monoisotopic (exact) mass is 192 g/mol. The first-order chi connectivity index (χ1) is 5.45. The fourth-order valence-electron chi connectivity index (χ4n) is 0.557. The Balaban J connectivity index is 3.37. The van der Waals surface area contributed by atoms with E-state index >= 15 is 0 Å². The van der Waals surface area contributed by atoms with Crippen molar-refractivity contribution in [1.29, 1.82) is 0 Å². The van der Waals surface area contributed by atoms with Gasteiger partial charge in [-0.2, -0.15) is 11.8 Å². The lowest BCUT2D eigenvalue weighted by molar-refractivity contribution is -0.150. The summed E-state index contributed by atoms with van der Waals surface area (Å²) in [5.74, 6) is 5.22. The molecule has 0 aromatic carbocycles. The summed E-state index contributed by atoms with van der Waals surface area (Å²) in [5, 5.41) is 0. The zero-order valence-corrected chi connectivity index (χ0v) is 8.53. The molecule has 0 bridgehead atoms. The third-order valence-corrected chi connectivity index (χ3v) is 2.29. The highest BCUT2D eigenvalue weighted by Gasteiger charge is 2.11. The van der Waals surface area contributed by atoms with Crippen LogP contribution < -0.4 is 11.4 Å². The third kappa shape index (κ3) is 7.84. The maximum Gasteiger partial charge on any atom is 0.327 e. The molecular formula is C7H16N2O2S. The van der Waals surface area contributed by atoms with Crippen molar-refractivity contribution in [2.24, 2.45) is 5.84 Å². The molecule has 0 spiro atoms. The Morgan fingerprint density at radius 3 is 2.58 bits per heavy atom. The zero-order valence-electron chi connectivity index (χ0n) is 7.72. The number of thioether (sulfide) groups is 1. The minimum absolute atomic E-state index is 0.191. The zero-order chi connectivity index (χ0) is 9.61. The molecule has 0 saturated carbocycles. The molecule has 0 aliphatic carbocycles. The predicted molar refractivity (Wildman–Crippen MR) is 50.2 cm³/mol.